The topological polar surface area (TPSA) is 58.4 Å². The van der Waals surface area contributed by atoms with Gasteiger partial charge in [0.1, 0.15) is 5.54 Å². The van der Waals surface area contributed by atoms with E-state index in [1.165, 1.54) is 38.5 Å². The Balaban J connectivity index is 2.04. The van der Waals surface area contributed by atoms with E-state index in [0.717, 1.165) is 19.0 Å². The van der Waals surface area contributed by atoms with Crippen molar-refractivity contribution in [2.75, 3.05) is 20.1 Å². The zero-order valence-electron chi connectivity index (χ0n) is 11.7. The molecule has 1 aliphatic heterocycles. The SMILES string of the molecule is CNC(C)(CN1CCC[C@H]2CCCC[C@H]21)C(N)=O. The Hall–Kier alpha value is -0.610. The van der Waals surface area contributed by atoms with E-state index in [0.29, 0.717) is 6.04 Å². The van der Waals surface area contributed by atoms with Gasteiger partial charge in [0.05, 0.1) is 0 Å². The van der Waals surface area contributed by atoms with Gasteiger partial charge in [-0.25, -0.2) is 0 Å². The minimum atomic E-state index is -0.598. The molecule has 1 saturated carbocycles. The number of likely N-dealkylation sites (N-methyl/N-ethyl adjacent to an activating group) is 1. The Morgan fingerprint density at radius 3 is 2.67 bits per heavy atom. The molecule has 0 spiro atoms. The molecule has 0 aromatic carbocycles. The molecule has 1 unspecified atom stereocenters. The number of carbonyl (C=O) groups excluding carboxylic acids is 1. The third kappa shape index (κ3) is 2.69. The lowest BCUT2D eigenvalue weighted by atomic mass is 9.78. The number of nitrogens with zero attached hydrogens (tertiary/aromatic N) is 1. The van der Waals surface area contributed by atoms with Crippen molar-refractivity contribution in [2.24, 2.45) is 11.7 Å². The van der Waals surface area contributed by atoms with E-state index in [1.807, 2.05) is 14.0 Å². The van der Waals surface area contributed by atoms with E-state index in [4.69, 9.17) is 5.73 Å². The van der Waals surface area contributed by atoms with E-state index in [9.17, 15) is 4.79 Å². The second-order valence-corrected chi connectivity index (χ2v) is 6.17. The maximum atomic E-state index is 11.6. The quantitative estimate of drug-likeness (QED) is 0.789. The van der Waals surface area contributed by atoms with Crippen LogP contribution in [-0.4, -0.2) is 42.5 Å². The molecule has 0 bridgehead atoms. The van der Waals surface area contributed by atoms with Gasteiger partial charge in [-0.2, -0.15) is 0 Å². The second kappa shape index (κ2) is 5.57. The van der Waals surface area contributed by atoms with Crippen LogP contribution < -0.4 is 11.1 Å². The molecule has 18 heavy (non-hydrogen) atoms. The van der Waals surface area contributed by atoms with Gasteiger partial charge in [0.15, 0.2) is 0 Å². The monoisotopic (exact) mass is 253 g/mol. The van der Waals surface area contributed by atoms with Gasteiger partial charge in [-0.1, -0.05) is 12.8 Å². The van der Waals surface area contributed by atoms with Gasteiger partial charge < -0.3 is 11.1 Å². The molecule has 4 heteroatoms. The van der Waals surface area contributed by atoms with Crippen molar-refractivity contribution in [3.8, 4) is 0 Å². The number of hydrogen-bond acceptors (Lipinski definition) is 3. The van der Waals surface area contributed by atoms with Crippen molar-refractivity contribution in [3.63, 3.8) is 0 Å². The van der Waals surface area contributed by atoms with Crippen molar-refractivity contribution < 1.29 is 4.79 Å². The Labute approximate surface area is 110 Å². The van der Waals surface area contributed by atoms with Crippen LogP contribution in [0.4, 0.5) is 0 Å². The number of nitrogens with two attached hydrogens (primary N) is 1. The molecule has 3 atom stereocenters. The molecule has 2 aliphatic rings. The number of rotatable bonds is 4. The standard InChI is InChI=1S/C14H27N3O/c1-14(16-2,13(15)18)10-17-9-5-7-11-6-3-4-8-12(11)17/h11-12,16H,3-10H2,1-2H3,(H2,15,18)/t11-,12-,14?/m1/s1. The summed E-state index contributed by atoms with van der Waals surface area (Å²) in [6.45, 7) is 3.79. The molecule has 1 saturated heterocycles. The van der Waals surface area contributed by atoms with Gasteiger partial charge in [-0.05, 0) is 52.1 Å². The van der Waals surface area contributed by atoms with Crippen molar-refractivity contribution >= 4 is 5.91 Å². The number of primary amides is 1. The number of nitrogens with one attached hydrogen (secondary N) is 1. The molecule has 4 nitrogen and oxygen atoms in total. The molecule has 104 valence electrons. The number of hydrogen-bond donors (Lipinski definition) is 2. The van der Waals surface area contributed by atoms with Crippen molar-refractivity contribution in [3.05, 3.63) is 0 Å². The highest BCUT2D eigenvalue weighted by molar-refractivity contribution is 5.84. The maximum absolute atomic E-state index is 11.6. The molecule has 2 fully saturated rings. The lowest BCUT2D eigenvalue weighted by Gasteiger charge is -2.46. The first-order valence-electron chi connectivity index (χ1n) is 7.30. The Kier molecular flexibility index (Phi) is 4.28. The van der Waals surface area contributed by atoms with E-state index in [2.05, 4.69) is 10.2 Å². The fourth-order valence-electron chi connectivity index (χ4n) is 3.61. The molecule has 1 amide bonds. The largest absolute Gasteiger partial charge is 0.368 e. The highest BCUT2D eigenvalue weighted by Crippen LogP contribution is 2.35. The van der Waals surface area contributed by atoms with Gasteiger partial charge >= 0.3 is 0 Å². The molecule has 0 aromatic heterocycles. The summed E-state index contributed by atoms with van der Waals surface area (Å²) in [7, 11) is 1.83. The zero-order valence-corrected chi connectivity index (χ0v) is 11.7. The van der Waals surface area contributed by atoms with E-state index in [1.54, 1.807) is 0 Å². The molecule has 2 rings (SSSR count). The van der Waals surface area contributed by atoms with Crippen molar-refractivity contribution in [1.82, 2.24) is 10.2 Å². The van der Waals surface area contributed by atoms with Crippen LogP contribution in [0.3, 0.4) is 0 Å². The summed E-state index contributed by atoms with van der Waals surface area (Å²) in [5.41, 5.74) is 4.94. The van der Waals surface area contributed by atoms with Crippen LogP contribution in [0.5, 0.6) is 0 Å². The lowest BCUT2D eigenvalue weighted by Crippen LogP contribution is -2.61. The van der Waals surface area contributed by atoms with Gasteiger partial charge in [0.2, 0.25) is 5.91 Å². The minimum Gasteiger partial charge on any atom is -0.368 e. The number of carbonyl (C=O) groups is 1. The van der Waals surface area contributed by atoms with Crippen LogP contribution in [0.1, 0.15) is 45.4 Å². The normalized spacial score (nSPS) is 32.6. The molecule has 0 radical (unpaired) electrons. The highest BCUT2D eigenvalue weighted by atomic mass is 16.1. The highest BCUT2D eigenvalue weighted by Gasteiger charge is 2.38. The summed E-state index contributed by atoms with van der Waals surface area (Å²) >= 11 is 0. The smallest absolute Gasteiger partial charge is 0.238 e. The predicted octanol–water partition coefficient (Wildman–Crippen LogP) is 1.10. The van der Waals surface area contributed by atoms with Crippen molar-refractivity contribution in [1.29, 1.82) is 0 Å². The minimum absolute atomic E-state index is 0.247. The van der Waals surface area contributed by atoms with Crippen LogP contribution >= 0.6 is 0 Å². The summed E-state index contributed by atoms with van der Waals surface area (Å²) in [4.78, 5) is 14.1. The number of piperidine rings is 1. The van der Waals surface area contributed by atoms with Crippen LogP contribution in [0.15, 0.2) is 0 Å². The van der Waals surface area contributed by atoms with E-state index >= 15 is 0 Å². The molecule has 1 heterocycles. The fourth-order valence-corrected chi connectivity index (χ4v) is 3.61. The first-order valence-corrected chi connectivity index (χ1v) is 7.30. The van der Waals surface area contributed by atoms with Crippen molar-refractivity contribution in [2.45, 2.75) is 57.0 Å². The summed E-state index contributed by atoms with van der Waals surface area (Å²) in [6.07, 6.45) is 8.02. The average Bonchev–Trinajstić information content (AvgIpc) is 2.39. The number of amides is 1. The maximum Gasteiger partial charge on any atom is 0.238 e. The summed E-state index contributed by atoms with van der Waals surface area (Å²) in [5, 5.41) is 3.10. The Bertz CT molecular complexity index is 305. The van der Waals surface area contributed by atoms with Gasteiger partial charge in [-0.3, -0.25) is 9.69 Å². The van der Waals surface area contributed by atoms with E-state index < -0.39 is 5.54 Å². The van der Waals surface area contributed by atoms with Crippen LogP contribution in [-0.2, 0) is 4.79 Å². The fraction of sp³-hybridized carbons (Fsp3) is 0.929. The van der Waals surface area contributed by atoms with Gasteiger partial charge in [0, 0.05) is 12.6 Å². The van der Waals surface area contributed by atoms with Crippen LogP contribution in [0, 0.1) is 5.92 Å². The third-order valence-corrected chi connectivity index (χ3v) is 4.97. The second-order valence-electron chi connectivity index (χ2n) is 6.17. The number of likely N-dealkylation sites (tertiary alicyclic amines) is 1. The molecule has 0 aromatic rings. The lowest BCUT2D eigenvalue weighted by molar-refractivity contribution is -0.125. The Morgan fingerprint density at radius 1 is 1.33 bits per heavy atom. The van der Waals surface area contributed by atoms with E-state index in [-0.39, 0.29) is 5.91 Å². The molecule has 3 N–H and O–H groups in total. The first kappa shape index (κ1) is 13.8. The third-order valence-electron chi connectivity index (χ3n) is 4.97. The molecule has 1 aliphatic carbocycles. The average molecular weight is 253 g/mol. The zero-order chi connectivity index (χ0) is 13.2. The predicted molar refractivity (Wildman–Crippen MR) is 73.2 cm³/mol. The van der Waals surface area contributed by atoms with Crippen LogP contribution in [0.25, 0.3) is 0 Å². The summed E-state index contributed by atoms with van der Waals surface area (Å²) < 4.78 is 0. The molecular formula is C14H27N3O. The number of fused-ring (bicyclic) bond motifs is 1. The van der Waals surface area contributed by atoms with Gasteiger partial charge in [-0.15, -0.1) is 0 Å². The molecular weight excluding hydrogens is 226 g/mol. The summed E-state index contributed by atoms with van der Waals surface area (Å²) in [5.74, 6) is 0.601. The first-order chi connectivity index (χ1) is 8.57. The van der Waals surface area contributed by atoms with Crippen LogP contribution in [0.2, 0.25) is 0 Å². The van der Waals surface area contributed by atoms with Gasteiger partial charge in [0.25, 0.3) is 0 Å². The Morgan fingerprint density at radius 2 is 2.00 bits per heavy atom. The summed E-state index contributed by atoms with van der Waals surface area (Å²) in [6, 6.07) is 0.680.